The third-order valence-electron chi connectivity index (χ3n) is 7.24. The van der Waals surface area contributed by atoms with E-state index in [0.29, 0.717) is 12.1 Å². The van der Waals surface area contributed by atoms with Crippen LogP contribution in [0.3, 0.4) is 0 Å². The molecule has 0 aliphatic heterocycles. The van der Waals surface area contributed by atoms with Crippen molar-refractivity contribution in [1.82, 2.24) is 10.2 Å². The van der Waals surface area contributed by atoms with Crippen LogP contribution in [-0.4, -0.2) is 36.8 Å². The van der Waals surface area contributed by atoms with Gasteiger partial charge in [0.1, 0.15) is 6.04 Å². The molecule has 0 heterocycles. The van der Waals surface area contributed by atoms with E-state index in [9.17, 15) is 14.4 Å². The number of para-hydroxylation sites is 1. The van der Waals surface area contributed by atoms with Crippen molar-refractivity contribution in [1.29, 1.82) is 0 Å². The molecular formula is C31H36N4O3. The van der Waals surface area contributed by atoms with Crippen molar-refractivity contribution in [3.8, 4) is 0 Å². The zero-order valence-corrected chi connectivity index (χ0v) is 22.0. The molecule has 1 unspecified atom stereocenters. The Bertz CT molecular complexity index is 1230. The van der Waals surface area contributed by atoms with Crippen molar-refractivity contribution in [3.05, 3.63) is 102 Å². The number of carbonyl (C=O) groups is 3. The van der Waals surface area contributed by atoms with Crippen LogP contribution < -0.4 is 16.0 Å². The molecule has 1 fully saturated rings. The number of urea groups is 1. The Labute approximate surface area is 224 Å². The van der Waals surface area contributed by atoms with E-state index < -0.39 is 11.9 Å². The van der Waals surface area contributed by atoms with E-state index in [1.54, 1.807) is 36.0 Å². The van der Waals surface area contributed by atoms with Crippen molar-refractivity contribution in [2.45, 2.75) is 44.2 Å². The van der Waals surface area contributed by atoms with Crippen LogP contribution in [0.4, 0.5) is 10.5 Å². The molecule has 3 aromatic rings. The number of amides is 4. The van der Waals surface area contributed by atoms with Crippen LogP contribution in [0.15, 0.2) is 84.9 Å². The number of hydrogen-bond acceptors (Lipinski definition) is 3. The van der Waals surface area contributed by atoms with Crippen molar-refractivity contribution < 1.29 is 14.4 Å². The Balaban J connectivity index is 1.50. The third kappa shape index (κ3) is 6.40. The van der Waals surface area contributed by atoms with E-state index in [1.165, 1.54) is 0 Å². The van der Waals surface area contributed by atoms with E-state index in [1.807, 2.05) is 60.7 Å². The monoisotopic (exact) mass is 512 g/mol. The summed E-state index contributed by atoms with van der Waals surface area (Å²) in [5.41, 5.74) is 9.26. The van der Waals surface area contributed by atoms with Crippen LogP contribution in [0, 0.1) is 5.92 Å². The summed E-state index contributed by atoms with van der Waals surface area (Å²) in [7, 11) is 3.49. The third-order valence-corrected chi connectivity index (χ3v) is 7.24. The van der Waals surface area contributed by atoms with Crippen LogP contribution in [0.25, 0.3) is 0 Å². The number of nitrogens with zero attached hydrogens (tertiary/aromatic N) is 2. The lowest BCUT2D eigenvalue weighted by atomic mass is 9.74. The molecule has 3 N–H and O–H groups in total. The molecule has 1 saturated carbocycles. The zero-order chi connectivity index (χ0) is 27.1. The standard InChI is InChI=1S/C31H36N4O3/c1-34(2)31(38)35(25-13-7-4-8-14-25)21-22-17-19-23(20-18-22)26-15-9-10-16-27(26)30(37)33-28(29(32)36)24-11-5-3-6-12-24/h3-8,11-14,17-20,26-28H,9-10,15-16,21H2,1-2H3,(H2,32,36)(H,33,37)/t26-,27+,28?/m0/s1. The molecule has 1 aliphatic rings. The molecule has 7 heteroatoms. The minimum atomic E-state index is -0.855. The first-order valence-electron chi connectivity index (χ1n) is 13.1. The number of carbonyl (C=O) groups excluding carboxylic acids is 3. The zero-order valence-electron chi connectivity index (χ0n) is 22.0. The van der Waals surface area contributed by atoms with Gasteiger partial charge in [0.2, 0.25) is 11.8 Å². The molecule has 0 saturated heterocycles. The van der Waals surface area contributed by atoms with Gasteiger partial charge in [-0.15, -0.1) is 0 Å². The van der Waals surface area contributed by atoms with Gasteiger partial charge in [0.25, 0.3) is 0 Å². The van der Waals surface area contributed by atoms with Gasteiger partial charge in [0.15, 0.2) is 0 Å². The highest BCUT2D eigenvalue weighted by atomic mass is 16.2. The quantitative estimate of drug-likeness (QED) is 0.445. The Kier molecular flexibility index (Phi) is 8.79. The average molecular weight is 513 g/mol. The smallest absolute Gasteiger partial charge is 0.324 e. The number of hydrogen-bond donors (Lipinski definition) is 2. The maximum absolute atomic E-state index is 13.4. The second-order valence-corrected chi connectivity index (χ2v) is 10.1. The molecular weight excluding hydrogens is 476 g/mol. The van der Waals surface area contributed by atoms with Gasteiger partial charge < -0.3 is 16.0 Å². The molecule has 4 rings (SSSR count). The minimum Gasteiger partial charge on any atom is -0.368 e. The first-order valence-corrected chi connectivity index (χ1v) is 13.1. The first-order chi connectivity index (χ1) is 18.3. The highest BCUT2D eigenvalue weighted by molar-refractivity contribution is 5.91. The lowest BCUT2D eigenvalue weighted by Gasteiger charge is -2.32. The van der Waals surface area contributed by atoms with Crippen LogP contribution in [0.5, 0.6) is 0 Å². The van der Waals surface area contributed by atoms with Gasteiger partial charge in [-0.2, -0.15) is 0 Å². The summed E-state index contributed by atoms with van der Waals surface area (Å²) in [5, 5.41) is 2.92. The van der Waals surface area contributed by atoms with E-state index in [-0.39, 0.29) is 23.8 Å². The van der Waals surface area contributed by atoms with Crippen molar-refractivity contribution in [3.63, 3.8) is 0 Å². The van der Waals surface area contributed by atoms with E-state index in [2.05, 4.69) is 17.4 Å². The number of benzene rings is 3. The van der Waals surface area contributed by atoms with E-state index in [4.69, 9.17) is 5.73 Å². The summed E-state index contributed by atoms with van der Waals surface area (Å²) < 4.78 is 0. The largest absolute Gasteiger partial charge is 0.368 e. The minimum absolute atomic E-state index is 0.0516. The average Bonchev–Trinajstić information content (AvgIpc) is 2.95. The first kappa shape index (κ1) is 26.9. The number of nitrogens with one attached hydrogen (secondary N) is 1. The lowest BCUT2D eigenvalue weighted by Crippen LogP contribution is -2.42. The Morgan fingerprint density at radius 2 is 1.47 bits per heavy atom. The Morgan fingerprint density at radius 1 is 0.868 bits per heavy atom. The van der Waals surface area contributed by atoms with Gasteiger partial charge in [0, 0.05) is 25.7 Å². The lowest BCUT2D eigenvalue weighted by molar-refractivity contribution is -0.131. The van der Waals surface area contributed by atoms with Gasteiger partial charge >= 0.3 is 6.03 Å². The summed E-state index contributed by atoms with van der Waals surface area (Å²) in [6.45, 7) is 0.438. The number of anilines is 1. The fourth-order valence-electron chi connectivity index (χ4n) is 5.23. The maximum atomic E-state index is 13.4. The predicted octanol–water partition coefficient (Wildman–Crippen LogP) is 4.99. The predicted molar refractivity (Wildman–Crippen MR) is 149 cm³/mol. The van der Waals surface area contributed by atoms with Crippen LogP contribution >= 0.6 is 0 Å². The molecule has 0 aromatic heterocycles. The SMILES string of the molecule is CN(C)C(=O)N(Cc1ccc([C@@H]2CCCC[C@H]2C(=O)NC(C(N)=O)c2ccccc2)cc1)c1ccccc1. The topological polar surface area (TPSA) is 95.7 Å². The van der Waals surface area contributed by atoms with Crippen molar-refractivity contribution in [2.75, 3.05) is 19.0 Å². The van der Waals surface area contributed by atoms with Gasteiger partial charge in [-0.1, -0.05) is 85.6 Å². The Hall–Kier alpha value is -4.13. The molecule has 3 aromatic carbocycles. The van der Waals surface area contributed by atoms with Crippen LogP contribution in [0.1, 0.15) is 54.3 Å². The Morgan fingerprint density at radius 3 is 2.08 bits per heavy atom. The summed E-state index contributed by atoms with van der Waals surface area (Å²) in [6.07, 6.45) is 3.68. The van der Waals surface area contributed by atoms with Crippen LogP contribution in [0.2, 0.25) is 0 Å². The van der Waals surface area contributed by atoms with E-state index >= 15 is 0 Å². The molecule has 0 bridgehead atoms. The van der Waals surface area contributed by atoms with Gasteiger partial charge in [-0.25, -0.2) is 4.79 Å². The second-order valence-electron chi connectivity index (χ2n) is 10.1. The molecule has 1 aliphatic carbocycles. The van der Waals surface area contributed by atoms with E-state index in [0.717, 1.165) is 42.5 Å². The molecule has 4 amide bonds. The van der Waals surface area contributed by atoms with Crippen molar-refractivity contribution >= 4 is 23.5 Å². The fourth-order valence-corrected chi connectivity index (χ4v) is 5.23. The number of nitrogens with two attached hydrogens (primary N) is 1. The highest BCUT2D eigenvalue weighted by Crippen LogP contribution is 2.38. The molecule has 0 radical (unpaired) electrons. The van der Waals surface area contributed by atoms with Gasteiger partial charge in [-0.3, -0.25) is 14.5 Å². The fraction of sp³-hybridized carbons (Fsp3) is 0.323. The normalized spacial score (nSPS) is 17.7. The summed E-state index contributed by atoms with van der Waals surface area (Å²) in [5.74, 6) is -0.901. The summed E-state index contributed by atoms with van der Waals surface area (Å²) >= 11 is 0. The van der Waals surface area contributed by atoms with Gasteiger partial charge in [-0.05, 0) is 47.6 Å². The molecule has 38 heavy (non-hydrogen) atoms. The highest BCUT2D eigenvalue weighted by Gasteiger charge is 2.34. The second kappa shape index (κ2) is 12.4. The molecule has 7 nitrogen and oxygen atoms in total. The number of rotatable bonds is 8. The summed E-state index contributed by atoms with van der Waals surface area (Å²) in [4.78, 5) is 41.8. The maximum Gasteiger partial charge on any atom is 0.324 e. The molecule has 3 atom stereocenters. The molecule has 198 valence electrons. The van der Waals surface area contributed by atoms with Crippen LogP contribution in [-0.2, 0) is 16.1 Å². The molecule has 0 spiro atoms. The summed E-state index contributed by atoms with van der Waals surface area (Å²) in [6, 6.07) is 26.0. The van der Waals surface area contributed by atoms with Gasteiger partial charge in [0.05, 0.1) is 6.54 Å². The number of primary amides is 1. The van der Waals surface area contributed by atoms with Crippen molar-refractivity contribution in [2.24, 2.45) is 11.7 Å².